The van der Waals surface area contributed by atoms with E-state index in [4.69, 9.17) is 0 Å². The van der Waals surface area contributed by atoms with Crippen LogP contribution in [0.25, 0.3) is 0 Å². The minimum atomic E-state index is -0.167. The Morgan fingerprint density at radius 1 is 1.13 bits per heavy atom. The molecule has 2 N–H and O–H groups in total. The lowest BCUT2D eigenvalue weighted by Crippen LogP contribution is -2.27. The van der Waals surface area contributed by atoms with Crippen molar-refractivity contribution in [3.8, 4) is 0 Å². The van der Waals surface area contributed by atoms with Crippen LogP contribution in [0.1, 0.15) is 41.4 Å². The highest BCUT2D eigenvalue weighted by Gasteiger charge is 2.14. The molecule has 0 saturated carbocycles. The monoisotopic (exact) mass is 374 g/mol. The highest BCUT2D eigenvalue weighted by molar-refractivity contribution is 9.10. The maximum absolute atomic E-state index is 12.4. The van der Waals surface area contributed by atoms with Crippen molar-refractivity contribution in [3.63, 3.8) is 0 Å². The molecule has 0 aliphatic heterocycles. The molecule has 0 heterocycles. The van der Waals surface area contributed by atoms with Crippen molar-refractivity contribution < 1.29 is 9.59 Å². The van der Waals surface area contributed by atoms with E-state index in [-0.39, 0.29) is 17.9 Å². The molecular weight excluding hydrogens is 356 g/mol. The second kappa shape index (κ2) is 7.42. The predicted octanol–water partition coefficient (Wildman–Crippen LogP) is 4.21. The SMILES string of the molecule is CC(=O)Nc1cccc(C(C)NC(=O)c2ccc(Br)cc2C)c1. The zero-order valence-corrected chi connectivity index (χ0v) is 14.9. The minimum Gasteiger partial charge on any atom is -0.346 e. The summed E-state index contributed by atoms with van der Waals surface area (Å²) in [5, 5.41) is 5.73. The van der Waals surface area contributed by atoms with Crippen LogP contribution in [0.4, 0.5) is 5.69 Å². The van der Waals surface area contributed by atoms with Gasteiger partial charge in [0.15, 0.2) is 0 Å². The van der Waals surface area contributed by atoms with Crippen LogP contribution in [-0.2, 0) is 4.79 Å². The van der Waals surface area contributed by atoms with Gasteiger partial charge in [-0.2, -0.15) is 0 Å². The molecule has 0 fully saturated rings. The van der Waals surface area contributed by atoms with Gasteiger partial charge in [-0.3, -0.25) is 9.59 Å². The van der Waals surface area contributed by atoms with E-state index >= 15 is 0 Å². The first-order valence-electron chi connectivity index (χ1n) is 7.31. The summed E-state index contributed by atoms with van der Waals surface area (Å²) in [7, 11) is 0. The summed E-state index contributed by atoms with van der Waals surface area (Å²) in [5.74, 6) is -0.239. The van der Waals surface area contributed by atoms with Crippen molar-refractivity contribution in [3.05, 3.63) is 63.6 Å². The number of hydrogen-bond acceptors (Lipinski definition) is 2. The van der Waals surface area contributed by atoms with Gasteiger partial charge in [0, 0.05) is 22.6 Å². The number of carbonyl (C=O) groups is 2. The van der Waals surface area contributed by atoms with Gasteiger partial charge < -0.3 is 10.6 Å². The molecule has 1 atom stereocenters. The molecular formula is C18H19BrN2O2. The molecule has 0 spiro atoms. The molecule has 120 valence electrons. The predicted molar refractivity (Wildman–Crippen MR) is 95.5 cm³/mol. The number of carbonyl (C=O) groups excluding carboxylic acids is 2. The summed E-state index contributed by atoms with van der Waals surface area (Å²) < 4.78 is 0.947. The van der Waals surface area contributed by atoms with E-state index in [9.17, 15) is 9.59 Å². The first-order valence-corrected chi connectivity index (χ1v) is 8.10. The number of halogens is 1. The summed E-state index contributed by atoms with van der Waals surface area (Å²) in [5.41, 5.74) is 3.21. The summed E-state index contributed by atoms with van der Waals surface area (Å²) >= 11 is 3.39. The molecule has 0 radical (unpaired) electrons. The summed E-state index contributed by atoms with van der Waals surface area (Å²) in [6.07, 6.45) is 0. The quantitative estimate of drug-likeness (QED) is 0.841. The second-order valence-electron chi connectivity index (χ2n) is 5.46. The maximum atomic E-state index is 12.4. The fourth-order valence-electron chi connectivity index (χ4n) is 2.33. The highest BCUT2D eigenvalue weighted by atomic mass is 79.9. The Kier molecular flexibility index (Phi) is 5.55. The lowest BCUT2D eigenvalue weighted by Gasteiger charge is -2.16. The van der Waals surface area contributed by atoms with Crippen LogP contribution in [0.3, 0.4) is 0 Å². The molecule has 2 rings (SSSR count). The smallest absolute Gasteiger partial charge is 0.252 e. The van der Waals surface area contributed by atoms with Crippen LogP contribution in [-0.4, -0.2) is 11.8 Å². The number of aryl methyl sites for hydroxylation is 1. The average molecular weight is 375 g/mol. The third kappa shape index (κ3) is 4.66. The van der Waals surface area contributed by atoms with Crippen molar-refractivity contribution in [1.82, 2.24) is 5.32 Å². The van der Waals surface area contributed by atoms with Gasteiger partial charge in [-0.1, -0.05) is 28.1 Å². The Hall–Kier alpha value is -2.14. The zero-order valence-electron chi connectivity index (χ0n) is 13.3. The van der Waals surface area contributed by atoms with Crippen LogP contribution >= 0.6 is 15.9 Å². The molecule has 2 aromatic carbocycles. The van der Waals surface area contributed by atoms with Crippen LogP contribution in [0, 0.1) is 6.92 Å². The van der Waals surface area contributed by atoms with Crippen LogP contribution in [0.5, 0.6) is 0 Å². The van der Waals surface area contributed by atoms with Crippen molar-refractivity contribution in [2.24, 2.45) is 0 Å². The third-order valence-electron chi connectivity index (χ3n) is 3.49. The minimum absolute atomic E-state index is 0.118. The molecule has 4 nitrogen and oxygen atoms in total. The number of anilines is 1. The molecule has 0 aliphatic carbocycles. The number of nitrogens with one attached hydrogen (secondary N) is 2. The van der Waals surface area contributed by atoms with Gasteiger partial charge in [0.2, 0.25) is 5.91 Å². The van der Waals surface area contributed by atoms with E-state index in [2.05, 4.69) is 26.6 Å². The Balaban J connectivity index is 2.13. The van der Waals surface area contributed by atoms with E-state index in [0.29, 0.717) is 5.56 Å². The van der Waals surface area contributed by atoms with Crippen molar-refractivity contribution in [2.45, 2.75) is 26.8 Å². The van der Waals surface area contributed by atoms with Gasteiger partial charge in [0.05, 0.1) is 6.04 Å². The molecule has 1 unspecified atom stereocenters. The molecule has 0 aromatic heterocycles. The number of rotatable bonds is 4. The lowest BCUT2D eigenvalue weighted by molar-refractivity contribution is -0.114. The molecule has 0 bridgehead atoms. The molecule has 0 aliphatic rings. The topological polar surface area (TPSA) is 58.2 Å². The van der Waals surface area contributed by atoms with Gasteiger partial charge in [-0.25, -0.2) is 0 Å². The third-order valence-corrected chi connectivity index (χ3v) is 3.98. The van der Waals surface area contributed by atoms with E-state index in [1.54, 1.807) is 6.07 Å². The number of hydrogen-bond donors (Lipinski definition) is 2. The summed E-state index contributed by atoms with van der Waals surface area (Å²) in [4.78, 5) is 23.6. The standard InChI is InChI=1S/C18H19BrN2O2/c1-11-9-15(19)7-8-17(11)18(23)20-12(2)14-5-4-6-16(10-14)21-13(3)22/h4-10,12H,1-3H3,(H,20,23)(H,21,22). The largest absolute Gasteiger partial charge is 0.346 e. The maximum Gasteiger partial charge on any atom is 0.252 e. The fourth-order valence-corrected chi connectivity index (χ4v) is 2.80. The van der Waals surface area contributed by atoms with E-state index < -0.39 is 0 Å². The van der Waals surface area contributed by atoms with Crippen LogP contribution in [0.15, 0.2) is 46.9 Å². The Morgan fingerprint density at radius 3 is 2.52 bits per heavy atom. The molecule has 23 heavy (non-hydrogen) atoms. The Bertz CT molecular complexity index is 744. The zero-order chi connectivity index (χ0) is 17.0. The van der Waals surface area contributed by atoms with Gasteiger partial charge in [-0.05, 0) is 55.3 Å². The lowest BCUT2D eigenvalue weighted by atomic mass is 10.1. The van der Waals surface area contributed by atoms with Crippen LogP contribution in [0.2, 0.25) is 0 Å². The summed E-state index contributed by atoms with van der Waals surface area (Å²) in [6.45, 7) is 5.29. The van der Waals surface area contributed by atoms with Gasteiger partial charge in [0.25, 0.3) is 5.91 Å². The normalized spacial score (nSPS) is 11.7. The molecule has 2 aromatic rings. The van der Waals surface area contributed by atoms with Gasteiger partial charge in [-0.15, -0.1) is 0 Å². The van der Waals surface area contributed by atoms with E-state index in [1.807, 2.05) is 50.2 Å². The molecule has 0 saturated heterocycles. The number of benzene rings is 2. The van der Waals surface area contributed by atoms with E-state index in [1.165, 1.54) is 6.92 Å². The van der Waals surface area contributed by atoms with Gasteiger partial charge in [0.1, 0.15) is 0 Å². The Labute approximate surface area is 144 Å². The second-order valence-corrected chi connectivity index (χ2v) is 6.38. The summed E-state index contributed by atoms with van der Waals surface area (Å²) in [6, 6.07) is 12.9. The molecule has 5 heteroatoms. The van der Waals surface area contributed by atoms with Crippen LogP contribution < -0.4 is 10.6 Å². The molecule has 2 amide bonds. The highest BCUT2D eigenvalue weighted by Crippen LogP contribution is 2.20. The van der Waals surface area contributed by atoms with Crippen molar-refractivity contribution >= 4 is 33.4 Å². The first kappa shape index (κ1) is 17.2. The van der Waals surface area contributed by atoms with Gasteiger partial charge >= 0.3 is 0 Å². The van der Waals surface area contributed by atoms with Crippen molar-refractivity contribution in [2.75, 3.05) is 5.32 Å². The van der Waals surface area contributed by atoms with E-state index in [0.717, 1.165) is 21.3 Å². The van der Waals surface area contributed by atoms with Crippen molar-refractivity contribution in [1.29, 1.82) is 0 Å². The Morgan fingerprint density at radius 2 is 1.87 bits per heavy atom. The average Bonchev–Trinajstić information content (AvgIpc) is 2.46. The first-order chi connectivity index (χ1) is 10.9. The number of amides is 2. The fraction of sp³-hybridized carbons (Fsp3) is 0.222.